The Morgan fingerprint density at radius 3 is 2.75 bits per heavy atom. The molecule has 0 aliphatic rings. The van der Waals surface area contributed by atoms with Crippen molar-refractivity contribution in [3.05, 3.63) is 30.1 Å². The number of anilines is 2. The zero-order chi connectivity index (χ0) is 17.7. The Bertz CT molecular complexity index is 692. The average molecular weight is 351 g/mol. The first-order valence-corrected chi connectivity index (χ1v) is 8.51. The summed E-state index contributed by atoms with van der Waals surface area (Å²) >= 11 is 1.67. The van der Waals surface area contributed by atoms with Crippen LogP contribution in [-0.2, 0) is 5.67 Å². The van der Waals surface area contributed by atoms with Crippen molar-refractivity contribution in [2.75, 3.05) is 23.9 Å². The third kappa shape index (κ3) is 5.23. The third-order valence-electron chi connectivity index (χ3n) is 3.10. The number of methoxy groups -OCH3 is 1. The molecule has 1 unspecified atom stereocenters. The van der Waals surface area contributed by atoms with Crippen LogP contribution in [-0.4, -0.2) is 33.9 Å². The maximum atomic E-state index is 14.0. The fraction of sp³-hybridized carbons (Fsp3) is 0.438. The molecule has 0 fully saturated rings. The summed E-state index contributed by atoms with van der Waals surface area (Å²) in [7, 11) is 1.64. The van der Waals surface area contributed by atoms with Crippen molar-refractivity contribution < 1.29 is 9.13 Å². The van der Waals surface area contributed by atoms with E-state index in [1.54, 1.807) is 18.9 Å². The number of ether oxygens (including phenoxy) is 1. The third-order valence-corrected chi connectivity index (χ3v) is 4.36. The van der Waals surface area contributed by atoms with Crippen LogP contribution >= 0.6 is 11.8 Å². The summed E-state index contributed by atoms with van der Waals surface area (Å²) in [5.74, 6) is 1.89. The van der Waals surface area contributed by atoms with Gasteiger partial charge >= 0.3 is 0 Å². The molecule has 0 spiro atoms. The minimum absolute atomic E-state index is 0.000809. The first-order valence-electron chi connectivity index (χ1n) is 7.52. The lowest BCUT2D eigenvalue weighted by atomic mass is 10.1. The Morgan fingerprint density at radius 1 is 1.33 bits per heavy atom. The second kappa shape index (κ2) is 7.65. The summed E-state index contributed by atoms with van der Waals surface area (Å²) in [6, 6.07) is 7.90. The van der Waals surface area contributed by atoms with Crippen molar-refractivity contribution in [1.82, 2.24) is 15.0 Å². The van der Waals surface area contributed by atoms with Gasteiger partial charge in [-0.2, -0.15) is 15.0 Å². The monoisotopic (exact) mass is 351 g/mol. The van der Waals surface area contributed by atoms with Crippen molar-refractivity contribution in [3.63, 3.8) is 0 Å². The first kappa shape index (κ1) is 18.3. The molecule has 8 heteroatoms. The number of nitrogen functional groups attached to an aromatic ring is 1. The van der Waals surface area contributed by atoms with E-state index in [4.69, 9.17) is 10.5 Å². The van der Waals surface area contributed by atoms with Gasteiger partial charge in [0, 0.05) is 16.7 Å². The van der Waals surface area contributed by atoms with Crippen LogP contribution in [0, 0.1) is 0 Å². The molecule has 1 aromatic heterocycles. The smallest absolute Gasteiger partial charge is 0.228 e. The van der Waals surface area contributed by atoms with Crippen molar-refractivity contribution in [2.45, 2.75) is 37.4 Å². The van der Waals surface area contributed by atoms with E-state index in [9.17, 15) is 4.39 Å². The van der Waals surface area contributed by atoms with Gasteiger partial charge in [-0.1, -0.05) is 6.07 Å². The predicted molar refractivity (Wildman–Crippen MR) is 95.2 cm³/mol. The number of nitrogens with one attached hydrogen (secondary N) is 1. The molecule has 0 saturated carbocycles. The molecule has 6 nitrogen and oxygen atoms in total. The lowest BCUT2D eigenvalue weighted by Gasteiger charge is -2.17. The van der Waals surface area contributed by atoms with Crippen molar-refractivity contribution in [1.29, 1.82) is 0 Å². The van der Waals surface area contributed by atoms with E-state index in [0.29, 0.717) is 0 Å². The molecule has 1 heterocycles. The number of aromatic nitrogens is 3. The van der Waals surface area contributed by atoms with Crippen molar-refractivity contribution in [3.8, 4) is 5.75 Å². The van der Waals surface area contributed by atoms with Crippen LogP contribution in [0.2, 0.25) is 0 Å². The number of benzene rings is 1. The van der Waals surface area contributed by atoms with Crippen LogP contribution in [0.3, 0.4) is 0 Å². The molecule has 1 aromatic carbocycles. The Hall–Kier alpha value is -2.09. The van der Waals surface area contributed by atoms with E-state index in [1.807, 2.05) is 31.2 Å². The number of halogens is 1. The number of hydrogen-bond donors (Lipinski definition) is 2. The Morgan fingerprint density at radius 2 is 2.08 bits per heavy atom. The molecule has 0 aliphatic carbocycles. The van der Waals surface area contributed by atoms with Gasteiger partial charge in [0.15, 0.2) is 11.5 Å². The van der Waals surface area contributed by atoms with Crippen LogP contribution in [0.15, 0.2) is 29.2 Å². The number of thioether (sulfide) groups is 1. The van der Waals surface area contributed by atoms with Crippen LogP contribution in [0.4, 0.5) is 16.3 Å². The van der Waals surface area contributed by atoms with Gasteiger partial charge in [-0.05, 0) is 39.0 Å². The van der Waals surface area contributed by atoms with Gasteiger partial charge in [-0.15, -0.1) is 11.8 Å². The second-order valence-corrected chi connectivity index (χ2v) is 6.94. The zero-order valence-corrected chi connectivity index (χ0v) is 15.0. The van der Waals surface area contributed by atoms with Crippen LogP contribution in [0.5, 0.6) is 5.75 Å². The Balaban J connectivity index is 1.99. The lowest BCUT2D eigenvalue weighted by Crippen LogP contribution is -2.23. The number of rotatable bonds is 7. The summed E-state index contributed by atoms with van der Waals surface area (Å²) in [6.07, 6.45) is 0. The van der Waals surface area contributed by atoms with Gasteiger partial charge in [0.1, 0.15) is 5.75 Å². The Kier molecular flexibility index (Phi) is 5.82. The van der Waals surface area contributed by atoms with E-state index < -0.39 is 5.67 Å². The van der Waals surface area contributed by atoms with Gasteiger partial charge in [-0.25, -0.2) is 4.39 Å². The van der Waals surface area contributed by atoms with E-state index in [2.05, 4.69) is 20.3 Å². The first-order chi connectivity index (χ1) is 11.3. The van der Waals surface area contributed by atoms with E-state index in [1.165, 1.54) is 13.8 Å². The quantitative estimate of drug-likeness (QED) is 0.740. The lowest BCUT2D eigenvalue weighted by molar-refractivity contribution is 0.206. The van der Waals surface area contributed by atoms with E-state index in [0.717, 1.165) is 16.4 Å². The maximum absolute atomic E-state index is 14.0. The van der Waals surface area contributed by atoms with Crippen LogP contribution in [0.25, 0.3) is 0 Å². The zero-order valence-electron chi connectivity index (χ0n) is 14.2. The second-order valence-electron chi connectivity index (χ2n) is 5.85. The van der Waals surface area contributed by atoms with Crippen LogP contribution < -0.4 is 15.8 Å². The Labute approximate surface area is 145 Å². The molecule has 0 bridgehead atoms. The molecule has 0 aliphatic heterocycles. The topological polar surface area (TPSA) is 86.0 Å². The number of hydrogen-bond acceptors (Lipinski definition) is 7. The minimum Gasteiger partial charge on any atom is -0.497 e. The van der Waals surface area contributed by atoms with Crippen molar-refractivity contribution >= 4 is 23.7 Å². The molecule has 0 amide bonds. The number of nitrogens with two attached hydrogens (primary N) is 1. The summed E-state index contributed by atoms with van der Waals surface area (Å²) < 4.78 is 19.2. The standard InChI is InChI=1S/C16H22FN5OS/c1-10(9-24-12-7-5-6-11(8-12)23-4)19-15-21-13(16(2,3)17)20-14(18)22-15/h5-8,10H,9H2,1-4H3,(H3,18,19,20,21,22). The molecule has 2 aromatic rings. The highest BCUT2D eigenvalue weighted by Crippen LogP contribution is 2.25. The highest BCUT2D eigenvalue weighted by molar-refractivity contribution is 7.99. The number of nitrogens with zero attached hydrogens (tertiary/aromatic N) is 3. The molecular formula is C16H22FN5OS. The molecule has 0 saturated heterocycles. The fourth-order valence-electron chi connectivity index (χ4n) is 1.90. The normalized spacial score (nSPS) is 12.7. The van der Waals surface area contributed by atoms with Crippen LogP contribution in [0.1, 0.15) is 26.6 Å². The molecule has 3 N–H and O–H groups in total. The van der Waals surface area contributed by atoms with Gasteiger partial charge in [0.25, 0.3) is 0 Å². The largest absolute Gasteiger partial charge is 0.497 e. The van der Waals surface area contributed by atoms with Crippen molar-refractivity contribution in [2.24, 2.45) is 0 Å². The van der Waals surface area contributed by atoms with Gasteiger partial charge < -0.3 is 15.8 Å². The fourth-order valence-corrected chi connectivity index (χ4v) is 2.80. The summed E-state index contributed by atoms with van der Waals surface area (Å²) in [5.41, 5.74) is 3.97. The summed E-state index contributed by atoms with van der Waals surface area (Å²) in [6.45, 7) is 4.76. The predicted octanol–water partition coefficient (Wildman–Crippen LogP) is 3.26. The van der Waals surface area contributed by atoms with E-state index in [-0.39, 0.29) is 23.8 Å². The molecule has 2 rings (SSSR count). The molecule has 0 radical (unpaired) electrons. The molecular weight excluding hydrogens is 329 g/mol. The maximum Gasteiger partial charge on any atom is 0.228 e. The minimum atomic E-state index is -1.67. The molecule has 24 heavy (non-hydrogen) atoms. The van der Waals surface area contributed by atoms with Gasteiger partial charge in [0.05, 0.1) is 7.11 Å². The highest BCUT2D eigenvalue weighted by Gasteiger charge is 2.24. The highest BCUT2D eigenvalue weighted by atomic mass is 32.2. The van der Waals surface area contributed by atoms with E-state index >= 15 is 0 Å². The number of alkyl halides is 1. The summed E-state index contributed by atoms with van der Waals surface area (Å²) in [5, 5.41) is 3.13. The molecule has 1 atom stereocenters. The van der Waals surface area contributed by atoms with Gasteiger partial charge in [0.2, 0.25) is 11.9 Å². The van der Waals surface area contributed by atoms with Gasteiger partial charge in [-0.3, -0.25) is 0 Å². The molecule has 130 valence electrons. The average Bonchev–Trinajstić information content (AvgIpc) is 2.52. The summed E-state index contributed by atoms with van der Waals surface area (Å²) in [4.78, 5) is 13.1. The SMILES string of the molecule is COc1cccc(SCC(C)Nc2nc(N)nc(C(C)(C)F)n2)c1.